The Morgan fingerprint density at radius 2 is 2.62 bits per heavy atom. The van der Waals surface area contributed by atoms with Crippen molar-refractivity contribution in [2.24, 2.45) is 7.05 Å². The summed E-state index contributed by atoms with van der Waals surface area (Å²) < 4.78 is 0. The van der Waals surface area contributed by atoms with Gasteiger partial charge in [0.05, 0.1) is 17.8 Å². The second-order valence-electron chi connectivity index (χ2n) is 1.46. The zero-order chi connectivity index (χ0) is 5.98. The molecule has 3 nitrogen and oxygen atoms in total. The minimum absolute atomic E-state index is 0.438. The average molecular weight is 132 g/mol. The van der Waals surface area contributed by atoms with Crippen molar-refractivity contribution < 1.29 is 0 Å². The predicted molar refractivity (Wildman–Crippen MR) is 30.6 cm³/mol. The summed E-state index contributed by atoms with van der Waals surface area (Å²) in [6, 6.07) is 0. The van der Waals surface area contributed by atoms with Gasteiger partial charge in [-0.3, -0.25) is 0 Å². The lowest BCUT2D eigenvalue weighted by Crippen LogP contribution is -1.91. The normalized spacial score (nSPS) is 9.75. The van der Waals surface area contributed by atoms with Gasteiger partial charge in [-0.1, -0.05) is 0 Å². The molecule has 0 aliphatic heterocycles. The monoisotopic (exact) mass is 131 g/mol. The van der Waals surface area contributed by atoms with Crippen LogP contribution in [0.25, 0.3) is 0 Å². The third-order valence-electron chi connectivity index (χ3n) is 0.784. The number of hydrogen-bond acceptors (Lipinski definition) is 2. The van der Waals surface area contributed by atoms with Crippen molar-refractivity contribution in [2.45, 2.75) is 5.88 Å². The van der Waals surface area contributed by atoms with Crippen molar-refractivity contribution in [3.05, 3.63) is 11.9 Å². The molecule has 0 N–H and O–H groups in total. The number of aromatic nitrogens is 3. The maximum Gasteiger partial charge on any atom is 0.0974 e. The molecule has 1 rings (SSSR count). The molecule has 0 fully saturated rings. The van der Waals surface area contributed by atoms with Crippen LogP contribution in [0.1, 0.15) is 5.69 Å². The van der Waals surface area contributed by atoms with Gasteiger partial charge in [0, 0.05) is 7.05 Å². The van der Waals surface area contributed by atoms with Gasteiger partial charge in [0.25, 0.3) is 0 Å². The summed E-state index contributed by atoms with van der Waals surface area (Å²) in [4.78, 5) is 1.48. The number of alkyl halides is 1. The molecule has 44 valence electrons. The zero-order valence-corrected chi connectivity index (χ0v) is 5.26. The van der Waals surface area contributed by atoms with E-state index in [0.29, 0.717) is 5.88 Å². The molecule has 0 radical (unpaired) electrons. The van der Waals surface area contributed by atoms with Crippen molar-refractivity contribution in [3.63, 3.8) is 0 Å². The molecular weight excluding hydrogens is 126 g/mol. The molecular formula is C4H6ClN3. The maximum absolute atomic E-state index is 5.42. The maximum atomic E-state index is 5.42. The summed E-state index contributed by atoms with van der Waals surface area (Å²) in [5.74, 6) is 0.438. The number of nitrogens with zero attached hydrogens (tertiary/aromatic N) is 3. The standard InChI is InChI=1S/C4H6ClN3/c1-8-6-3-4(2-5)7-8/h3H,2H2,1H3. The van der Waals surface area contributed by atoms with Crippen molar-refractivity contribution in [2.75, 3.05) is 0 Å². The van der Waals surface area contributed by atoms with Crippen LogP contribution in [0, 0.1) is 0 Å². The minimum atomic E-state index is 0.438. The van der Waals surface area contributed by atoms with E-state index in [0.717, 1.165) is 5.69 Å². The van der Waals surface area contributed by atoms with Crippen molar-refractivity contribution >= 4 is 11.6 Å². The Balaban J connectivity index is 2.84. The number of aryl methyl sites for hydroxylation is 1. The lowest BCUT2D eigenvalue weighted by atomic mass is 10.6. The molecule has 0 amide bonds. The molecule has 0 bridgehead atoms. The Morgan fingerprint density at radius 3 is 2.88 bits per heavy atom. The van der Waals surface area contributed by atoms with E-state index in [1.807, 2.05) is 0 Å². The summed E-state index contributed by atoms with van der Waals surface area (Å²) in [7, 11) is 1.76. The molecule has 1 aromatic heterocycles. The molecule has 0 spiro atoms. The Hall–Kier alpha value is -0.570. The molecule has 0 saturated heterocycles. The first-order valence-corrected chi connectivity index (χ1v) is 2.77. The van der Waals surface area contributed by atoms with E-state index < -0.39 is 0 Å². The lowest BCUT2D eigenvalue weighted by molar-refractivity contribution is 0.648. The Morgan fingerprint density at radius 1 is 1.88 bits per heavy atom. The largest absolute Gasteiger partial charge is 0.188 e. The fourth-order valence-electron chi connectivity index (χ4n) is 0.449. The highest BCUT2D eigenvalue weighted by Gasteiger charge is 1.91. The van der Waals surface area contributed by atoms with Crippen molar-refractivity contribution in [3.8, 4) is 0 Å². The van der Waals surface area contributed by atoms with E-state index in [9.17, 15) is 0 Å². The summed E-state index contributed by atoms with van der Waals surface area (Å²) >= 11 is 5.42. The first-order valence-electron chi connectivity index (χ1n) is 2.24. The summed E-state index contributed by atoms with van der Waals surface area (Å²) in [5, 5.41) is 7.71. The second kappa shape index (κ2) is 2.13. The van der Waals surface area contributed by atoms with Gasteiger partial charge in [-0.25, -0.2) is 0 Å². The Bertz CT molecular complexity index is 172. The van der Waals surface area contributed by atoms with Crippen LogP contribution in [0.15, 0.2) is 6.20 Å². The van der Waals surface area contributed by atoms with Crippen molar-refractivity contribution in [1.82, 2.24) is 15.0 Å². The number of halogens is 1. The quantitative estimate of drug-likeness (QED) is 0.522. The van der Waals surface area contributed by atoms with Crippen LogP contribution >= 0.6 is 11.6 Å². The molecule has 1 aromatic rings. The highest BCUT2D eigenvalue weighted by atomic mass is 35.5. The van der Waals surface area contributed by atoms with Gasteiger partial charge in [-0.05, 0) is 0 Å². The van der Waals surface area contributed by atoms with Gasteiger partial charge in [-0.2, -0.15) is 15.0 Å². The molecule has 4 heteroatoms. The van der Waals surface area contributed by atoms with E-state index in [1.165, 1.54) is 4.80 Å². The third kappa shape index (κ3) is 0.980. The van der Waals surface area contributed by atoms with Crippen LogP contribution in [0.4, 0.5) is 0 Å². The van der Waals surface area contributed by atoms with Crippen molar-refractivity contribution in [1.29, 1.82) is 0 Å². The van der Waals surface area contributed by atoms with Gasteiger partial charge < -0.3 is 0 Å². The van der Waals surface area contributed by atoms with Crippen LogP contribution in [0.3, 0.4) is 0 Å². The lowest BCUT2D eigenvalue weighted by Gasteiger charge is -1.79. The van der Waals surface area contributed by atoms with Gasteiger partial charge in [-0.15, -0.1) is 11.6 Å². The van der Waals surface area contributed by atoms with Crippen LogP contribution in [-0.4, -0.2) is 15.0 Å². The first kappa shape index (κ1) is 5.56. The Labute approximate surface area is 52.3 Å². The van der Waals surface area contributed by atoms with Crippen LogP contribution in [0.5, 0.6) is 0 Å². The van der Waals surface area contributed by atoms with Gasteiger partial charge in [0.15, 0.2) is 0 Å². The van der Waals surface area contributed by atoms with E-state index in [-0.39, 0.29) is 0 Å². The molecule has 0 atom stereocenters. The topological polar surface area (TPSA) is 30.7 Å². The molecule has 8 heavy (non-hydrogen) atoms. The zero-order valence-electron chi connectivity index (χ0n) is 4.50. The molecule has 0 aliphatic rings. The minimum Gasteiger partial charge on any atom is -0.188 e. The highest BCUT2D eigenvalue weighted by molar-refractivity contribution is 6.16. The third-order valence-corrected chi connectivity index (χ3v) is 1.06. The highest BCUT2D eigenvalue weighted by Crippen LogP contribution is 1.93. The van der Waals surface area contributed by atoms with E-state index in [4.69, 9.17) is 11.6 Å². The fraction of sp³-hybridized carbons (Fsp3) is 0.500. The first-order chi connectivity index (χ1) is 3.83. The van der Waals surface area contributed by atoms with E-state index in [2.05, 4.69) is 10.2 Å². The summed E-state index contributed by atoms with van der Waals surface area (Å²) in [6.45, 7) is 0. The van der Waals surface area contributed by atoms with Crippen LogP contribution in [0.2, 0.25) is 0 Å². The molecule has 1 heterocycles. The predicted octanol–water partition coefficient (Wildman–Crippen LogP) is 0.554. The molecule has 0 aliphatic carbocycles. The van der Waals surface area contributed by atoms with Gasteiger partial charge in [0.1, 0.15) is 0 Å². The Kier molecular flexibility index (Phi) is 1.48. The second-order valence-corrected chi connectivity index (χ2v) is 1.73. The van der Waals surface area contributed by atoms with Gasteiger partial charge in [0.2, 0.25) is 0 Å². The number of hydrogen-bond donors (Lipinski definition) is 0. The molecule has 0 saturated carbocycles. The number of rotatable bonds is 1. The molecule has 0 unspecified atom stereocenters. The summed E-state index contributed by atoms with van der Waals surface area (Å²) in [6.07, 6.45) is 1.65. The average Bonchev–Trinajstić information content (AvgIpc) is 2.14. The van der Waals surface area contributed by atoms with E-state index >= 15 is 0 Å². The SMILES string of the molecule is Cn1ncc(CCl)n1. The smallest absolute Gasteiger partial charge is 0.0974 e. The van der Waals surface area contributed by atoms with E-state index in [1.54, 1.807) is 13.2 Å². The molecule has 0 aromatic carbocycles. The fourth-order valence-corrected chi connectivity index (χ4v) is 0.571. The van der Waals surface area contributed by atoms with Crippen LogP contribution in [-0.2, 0) is 12.9 Å². The van der Waals surface area contributed by atoms with Gasteiger partial charge >= 0.3 is 0 Å². The summed E-state index contributed by atoms with van der Waals surface area (Å²) in [5.41, 5.74) is 0.814. The van der Waals surface area contributed by atoms with Crippen LogP contribution < -0.4 is 0 Å².